The number of aromatic nitrogens is 2. The topological polar surface area (TPSA) is 80.9 Å². The standard InChI is InChI=1S/C7H10N4O/c1-9-6(12)4-5-7(8)11-3-2-10-5/h2-3H,4H2,1H3,(H2,8,11)(H,9,12). The van der Waals surface area contributed by atoms with Crippen LogP contribution in [0.25, 0.3) is 0 Å². The van der Waals surface area contributed by atoms with Gasteiger partial charge in [0.25, 0.3) is 0 Å². The highest BCUT2D eigenvalue weighted by molar-refractivity contribution is 5.78. The van der Waals surface area contributed by atoms with Gasteiger partial charge in [-0.25, -0.2) is 4.98 Å². The van der Waals surface area contributed by atoms with Crippen molar-refractivity contribution < 1.29 is 4.79 Å². The Bertz CT molecular complexity index is 286. The van der Waals surface area contributed by atoms with Crippen LogP contribution in [0.4, 0.5) is 5.82 Å². The normalized spacial score (nSPS) is 9.42. The van der Waals surface area contributed by atoms with Gasteiger partial charge in [0.15, 0.2) is 0 Å². The summed E-state index contributed by atoms with van der Waals surface area (Å²) in [6.45, 7) is 0. The first kappa shape index (κ1) is 8.45. The fourth-order valence-electron chi connectivity index (χ4n) is 0.754. The minimum Gasteiger partial charge on any atom is -0.382 e. The molecule has 64 valence electrons. The number of nitrogens with one attached hydrogen (secondary N) is 1. The van der Waals surface area contributed by atoms with Crippen molar-refractivity contribution in [2.45, 2.75) is 6.42 Å². The zero-order valence-corrected chi connectivity index (χ0v) is 6.74. The van der Waals surface area contributed by atoms with E-state index in [2.05, 4.69) is 15.3 Å². The van der Waals surface area contributed by atoms with E-state index in [1.807, 2.05) is 0 Å². The molecule has 0 radical (unpaired) electrons. The van der Waals surface area contributed by atoms with Crippen LogP contribution in [0.15, 0.2) is 12.4 Å². The van der Waals surface area contributed by atoms with Crippen molar-refractivity contribution in [2.75, 3.05) is 12.8 Å². The van der Waals surface area contributed by atoms with E-state index in [0.717, 1.165) is 0 Å². The summed E-state index contributed by atoms with van der Waals surface area (Å²) in [6.07, 6.45) is 3.17. The number of likely N-dealkylation sites (N-methyl/N-ethyl adjacent to an activating group) is 1. The quantitative estimate of drug-likeness (QED) is 0.611. The van der Waals surface area contributed by atoms with Crippen LogP contribution in [0, 0.1) is 0 Å². The highest BCUT2D eigenvalue weighted by atomic mass is 16.1. The molecule has 0 aliphatic carbocycles. The molecule has 0 aliphatic heterocycles. The van der Waals surface area contributed by atoms with E-state index in [4.69, 9.17) is 5.73 Å². The number of nitrogen functional groups attached to an aromatic ring is 1. The van der Waals surface area contributed by atoms with E-state index in [1.165, 1.54) is 12.4 Å². The minimum absolute atomic E-state index is 0.123. The first-order valence-corrected chi connectivity index (χ1v) is 3.50. The lowest BCUT2D eigenvalue weighted by Crippen LogP contribution is -2.21. The third kappa shape index (κ3) is 1.91. The van der Waals surface area contributed by atoms with Crippen LogP contribution in [0.3, 0.4) is 0 Å². The predicted molar refractivity (Wildman–Crippen MR) is 44.2 cm³/mol. The fraction of sp³-hybridized carbons (Fsp3) is 0.286. The SMILES string of the molecule is CNC(=O)Cc1nccnc1N. The number of anilines is 1. The summed E-state index contributed by atoms with van der Waals surface area (Å²) in [5, 5.41) is 2.48. The molecule has 0 aromatic carbocycles. The molecule has 1 aromatic heterocycles. The zero-order chi connectivity index (χ0) is 8.97. The average Bonchev–Trinajstić information content (AvgIpc) is 2.09. The number of nitrogens with zero attached hydrogens (tertiary/aromatic N) is 2. The number of nitrogens with two attached hydrogens (primary N) is 1. The smallest absolute Gasteiger partial charge is 0.225 e. The molecule has 5 heteroatoms. The Hall–Kier alpha value is -1.65. The summed E-state index contributed by atoms with van der Waals surface area (Å²) in [7, 11) is 1.56. The lowest BCUT2D eigenvalue weighted by molar-refractivity contribution is -0.120. The van der Waals surface area contributed by atoms with Gasteiger partial charge < -0.3 is 11.1 Å². The second-order valence-corrected chi connectivity index (χ2v) is 2.24. The lowest BCUT2D eigenvalue weighted by Gasteiger charge is -2.00. The van der Waals surface area contributed by atoms with Crippen LogP contribution in [0.2, 0.25) is 0 Å². The van der Waals surface area contributed by atoms with E-state index in [1.54, 1.807) is 7.05 Å². The number of hydrogen-bond acceptors (Lipinski definition) is 4. The van der Waals surface area contributed by atoms with Gasteiger partial charge >= 0.3 is 0 Å². The van der Waals surface area contributed by atoms with Crippen LogP contribution in [-0.2, 0) is 11.2 Å². The average molecular weight is 166 g/mol. The number of carbonyl (C=O) groups excluding carboxylic acids is 1. The van der Waals surface area contributed by atoms with Gasteiger partial charge in [0.1, 0.15) is 5.82 Å². The van der Waals surface area contributed by atoms with Crippen molar-refractivity contribution in [3.05, 3.63) is 18.1 Å². The first-order valence-electron chi connectivity index (χ1n) is 3.50. The lowest BCUT2D eigenvalue weighted by atomic mass is 10.3. The van der Waals surface area contributed by atoms with Crippen LogP contribution in [0.1, 0.15) is 5.69 Å². The highest BCUT2D eigenvalue weighted by Gasteiger charge is 2.05. The van der Waals surface area contributed by atoms with Gasteiger partial charge in [-0.3, -0.25) is 9.78 Å². The zero-order valence-electron chi connectivity index (χ0n) is 6.74. The van der Waals surface area contributed by atoms with Gasteiger partial charge in [-0.2, -0.15) is 0 Å². The van der Waals surface area contributed by atoms with Crippen molar-refractivity contribution >= 4 is 11.7 Å². The Balaban J connectivity index is 2.75. The van der Waals surface area contributed by atoms with E-state index in [9.17, 15) is 4.79 Å². The molecule has 1 heterocycles. The molecule has 0 unspecified atom stereocenters. The van der Waals surface area contributed by atoms with Gasteiger partial charge in [0.2, 0.25) is 5.91 Å². The second-order valence-electron chi connectivity index (χ2n) is 2.24. The van der Waals surface area contributed by atoms with Crippen molar-refractivity contribution in [3.8, 4) is 0 Å². The maximum absolute atomic E-state index is 10.9. The summed E-state index contributed by atoms with van der Waals surface area (Å²) in [5.74, 6) is 0.184. The Morgan fingerprint density at radius 2 is 2.25 bits per heavy atom. The van der Waals surface area contributed by atoms with E-state index >= 15 is 0 Å². The van der Waals surface area contributed by atoms with Gasteiger partial charge in [-0.15, -0.1) is 0 Å². The Morgan fingerprint density at radius 3 is 2.83 bits per heavy atom. The summed E-state index contributed by atoms with van der Waals surface area (Å²) >= 11 is 0. The van der Waals surface area contributed by atoms with E-state index in [-0.39, 0.29) is 12.3 Å². The van der Waals surface area contributed by atoms with Crippen LogP contribution in [0.5, 0.6) is 0 Å². The molecule has 12 heavy (non-hydrogen) atoms. The van der Waals surface area contributed by atoms with Crippen molar-refractivity contribution in [1.29, 1.82) is 0 Å². The molecule has 1 aromatic rings. The second kappa shape index (κ2) is 3.66. The molecule has 0 saturated carbocycles. The van der Waals surface area contributed by atoms with Crippen molar-refractivity contribution in [1.82, 2.24) is 15.3 Å². The third-order valence-corrected chi connectivity index (χ3v) is 1.41. The molecule has 1 rings (SSSR count). The molecule has 0 saturated heterocycles. The molecule has 1 amide bonds. The third-order valence-electron chi connectivity index (χ3n) is 1.41. The summed E-state index contributed by atoms with van der Waals surface area (Å²) in [6, 6.07) is 0. The van der Waals surface area contributed by atoms with Crippen LogP contribution >= 0.6 is 0 Å². The van der Waals surface area contributed by atoms with Crippen LogP contribution in [-0.4, -0.2) is 22.9 Å². The Labute approximate surface area is 70.0 Å². The largest absolute Gasteiger partial charge is 0.382 e. The first-order chi connectivity index (χ1) is 5.74. The summed E-state index contributed by atoms with van der Waals surface area (Å²) in [4.78, 5) is 18.6. The molecular formula is C7H10N4O. The molecule has 3 N–H and O–H groups in total. The van der Waals surface area contributed by atoms with E-state index in [0.29, 0.717) is 11.5 Å². The maximum atomic E-state index is 10.9. The van der Waals surface area contributed by atoms with Crippen molar-refractivity contribution in [2.24, 2.45) is 0 Å². The van der Waals surface area contributed by atoms with Gasteiger partial charge in [-0.1, -0.05) is 0 Å². The molecular weight excluding hydrogens is 156 g/mol. The summed E-state index contributed by atoms with van der Waals surface area (Å²) in [5.41, 5.74) is 5.98. The molecule has 0 bridgehead atoms. The fourth-order valence-corrected chi connectivity index (χ4v) is 0.754. The molecule has 0 atom stereocenters. The molecule has 5 nitrogen and oxygen atoms in total. The molecule has 0 aliphatic rings. The number of amides is 1. The summed E-state index contributed by atoms with van der Waals surface area (Å²) < 4.78 is 0. The monoisotopic (exact) mass is 166 g/mol. The van der Waals surface area contributed by atoms with E-state index < -0.39 is 0 Å². The highest BCUT2D eigenvalue weighted by Crippen LogP contribution is 2.02. The van der Waals surface area contributed by atoms with Gasteiger partial charge in [0.05, 0.1) is 12.1 Å². The van der Waals surface area contributed by atoms with Gasteiger partial charge in [-0.05, 0) is 0 Å². The number of rotatable bonds is 2. The number of carbonyl (C=O) groups is 1. The van der Waals surface area contributed by atoms with Gasteiger partial charge in [0, 0.05) is 19.4 Å². The van der Waals surface area contributed by atoms with Crippen LogP contribution < -0.4 is 11.1 Å². The predicted octanol–water partition coefficient (Wildman–Crippen LogP) is -0.653. The Morgan fingerprint density at radius 1 is 1.58 bits per heavy atom. The number of hydrogen-bond donors (Lipinski definition) is 2. The Kier molecular flexibility index (Phi) is 2.57. The van der Waals surface area contributed by atoms with Crippen molar-refractivity contribution in [3.63, 3.8) is 0 Å². The molecule has 0 spiro atoms. The molecule has 0 fully saturated rings. The minimum atomic E-state index is -0.123. The maximum Gasteiger partial charge on any atom is 0.225 e.